The maximum Gasteiger partial charge on any atom is 0.272 e. The van der Waals surface area contributed by atoms with Crippen LogP contribution in [0.3, 0.4) is 0 Å². The molecule has 0 N–H and O–H groups in total. The molecule has 0 saturated carbocycles. The molecule has 2 rings (SSSR count). The van der Waals surface area contributed by atoms with Crippen LogP contribution in [0.15, 0.2) is 46.9 Å². The number of hydrogen-bond acceptors (Lipinski definition) is 3. The number of hydrogen-bond donors (Lipinski definition) is 0. The Hall–Kier alpha value is -1.95. The Morgan fingerprint density at radius 3 is 2.61 bits per heavy atom. The van der Waals surface area contributed by atoms with Gasteiger partial charge in [-0.05, 0) is 24.3 Å². The lowest BCUT2D eigenvalue weighted by molar-refractivity contribution is -0.385. The fourth-order valence-corrected chi connectivity index (χ4v) is 1.72. The Bertz CT molecular complexity index is 604. The van der Waals surface area contributed by atoms with Crippen LogP contribution in [0.4, 0.5) is 10.1 Å². The molecule has 0 unspecified atom stereocenters. The average Bonchev–Trinajstić information content (AvgIpc) is 2.31. The second-order valence-corrected chi connectivity index (χ2v) is 4.35. The van der Waals surface area contributed by atoms with Crippen LogP contribution in [-0.2, 0) is 0 Å². The standard InChI is InChI=1S/C12H7BrFNO3/c13-8-2-1-3-10(6-8)18-12-5-4-9(15(16)17)7-11(12)14/h1-7H. The first kappa shape index (κ1) is 12.5. The number of nitro benzene ring substituents is 1. The lowest BCUT2D eigenvalue weighted by Gasteiger charge is -2.06. The van der Waals surface area contributed by atoms with Gasteiger partial charge in [0.05, 0.1) is 11.0 Å². The van der Waals surface area contributed by atoms with Gasteiger partial charge in [0, 0.05) is 10.5 Å². The number of rotatable bonds is 3. The summed E-state index contributed by atoms with van der Waals surface area (Å²) in [4.78, 5) is 9.80. The molecular formula is C12H7BrFNO3. The minimum atomic E-state index is -0.774. The minimum absolute atomic E-state index is 0.0568. The molecule has 0 saturated heterocycles. The number of halogens is 2. The first-order valence-electron chi connectivity index (χ1n) is 4.93. The van der Waals surface area contributed by atoms with Gasteiger partial charge in [0.15, 0.2) is 11.6 Å². The van der Waals surface area contributed by atoms with Crippen LogP contribution in [0.25, 0.3) is 0 Å². The van der Waals surface area contributed by atoms with Crippen LogP contribution in [0.5, 0.6) is 11.5 Å². The van der Waals surface area contributed by atoms with Crippen LogP contribution in [0, 0.1) is 15.9 Å². The molecule has 0 atom stereocenters. The van der Waals surface area contributed by atoms with Gasteiger partial charge in [0.25, 0.3) is 5.69 Å². The van der Waals surface area contributed by atoms with Gasteiger partial charge in [0.1, 0.15) is 5.75 Å². The van der Waals surface area contributed by atoms with E-state index in [2.05, 4.69) is 15.9 Å². The van der Waals surface area contributed by atoms with E-state index in [0.717, 1.165) is 10.5 Å². The van der Waals surface area contributed by atoms with Gasteiger partial charge in [-0.15, -0.1) is 0 Å². The highest BCUT2D eigenvalue weighted by atomic mass is 79.9. The molecule has 0 aliphatic carbocycles. The Morgan fingerprint density at radius 1 is 1.22 bits per heavy atom. The molecule has 4 nitrogen and oxygen atoms in total. The fourth-order valence-electron chi connectivity index (χ4n) is 1.34. The number of non-ortho nitro benzene ring substituents is 1. The molecule has 0 aliphatic rings. The van der Waals surface area contributed by atoms with Gasteiger partial charge in [0.2, 0.25) is 0 Å². The van der Waals surface area contributed by atoms with Crippen LogP contribution < -0.4 is 4.74 Å². The van der Waals surface area contributed by atoms with E-state index >= 15 is 0 Å². The van der Waals surface area contributed by atoms with E-state index in [0.29, 0.717) is 5.75 Å². The molecule has 0 aliphatic heterocycles. The molecule has 0 fully saturated rings. The first-order chi connectivity index (χ1) is 8.56. The number of nitro groups is 1. The summed E-state index contributed by atoms with van der Waals surface area (Å²) in [6, 6.07) is 10.1. The molecule has 92 valence electrons. The monoisotopic (exact) mass is 311 g/mol. The molecule has 0 spiro atoms. The summed E-state index contributed by atoms with van der Waals surface area (Å²) < 4.78 is 19.6. The summed E-state index contributed by atoms with van der Waals surface area (Å²) in [6.45, 7) is 0. The third-order valence-electron chi connectivity index (χ3n) is 2.15. The predicted octanol–water partition coefficient (Wildman–Crippen LogP) is 4.29. The fraction of sp³-hybridized carbons (Fsp3) is 0. The molecule has 0 amide bonds. The molecular weight excluding hydrogens is 305 g/mol. The zero-order valence-electron chi connectivity index (χ0n) is 8.97. The van der Waals surface area contributed by atoms with Crippen LogP contribution in [0.2, 0.25) is 0 Å². The summed E-state index contributed by atoms with van der Waals surface area (Å²) in [5.41, 5.74) is -0.311. The van der Waals surface area contributed by atoms with E-state index < -0.39 is 10.7 Å². The molecule has 0 heterocycles. The lowest BCUT2D eigenvalue weighted by Crippen LogP contribution is -1.92. The first-order valence-corrected chi connectivity index (χ1v) is 5.73. The van der Waals surface area contributed by atoms with E-state index in [1.54, 1.807) is 24.3 Å². The van der Waals surface area contributed by atoms with Crippen molar-refractivity contribution < 1.29 is 14.1 Å². The maximum atomic E-state index is 13.6. The van der Waals surface area contributed by atoms with Crippen molar-refractivity contribution in [2.24, 2.45) is 0 Å². The largest absolute Gasteiger partial charge is 0.454 e. The highest BCUT2D eigenvalue weighted by Crippen LogP contribution is 2.28. The number of nitrogens with zero attached hydrogens (tertiary/aromatic N) is 1. The topological polar surface area (TPSA) is 52.4 Å². The van der Waals surface area contributed by atoms with Gasteiger partial charge < -0.3 is 4.74 Å². The van der Waals surface area contributed by atoms with Crippen molar-refractivity contribution in [2.45, 2.75) is 0 Å². The van der Waals surface area contributed by atoms with Crippen molar-refractivity contribution in [2.75, 3.05) is 0 Å². The summed E-state index contributed by atoms with van der Waals surface area (Å²) in [6.07, 6.45) is 0. The van der Waals surface area contributed by atoms with E-state index in [9.17, 15) is 14.5 Å². The summed E-state index contributed by atoms with van der Waals surface area (Å²) in [5.74, 6) is -0.389. The van der Waals surface area contributed by atoms with E-state index in [1.807, 2.05) is 0 Å². The highest BCUT2D eigenvalue weighted by molar-refractivity contribution is 9.10. The van der Waals surface area contributed by atoms with Gasteiger partial charge in [-0.1, -0.05) is 22.0 Å². The quantitative estimate of drug-likeness (QED) is 0.627. The van der Waals surface area contributed by atoms with E-state index in [1.165, 1.54) is 12.1 Å². The molecule has 0 aromatic heterocycles. The summed E-state index contributed by atoms with van der Waals surface area (Å²) >= 11 is 3.26. The molecule has 2 aromatic rings. The number of benzene rings is 2. The Kier molecular flexibility index (Phi) is 3.57. The van der Waals surface area contributed by atoms with Crippen molar-refractivity contribution >= 4 is 21.6 Å². The normalized spacial score (nSPS) is 10.1. The van der Waals surface area contributed by atoms with Crippen molar-refractivity contribution in [3.05, 3.63) is 62.9 Å². The molecule has 18 heavy (non-hydrogen) atoms. The van der Waals surface area contributed by atoms with E-state index in [-0.39, 0.29) is 11.4 Å². The van der Waals surface area contributed by atoms with Gasteiger partial charge >= 0.3 is 0 Å². The summed E-state index contributed by atoms with van der Waals surface area (Å²) in [7, 11) is 0. The predicted molar refractivity (Wildman–Crippen MR) is 67.3 cm³/mol. The number of ether oxygens (including phenoxy) is 1. The zero-order valence-corrected chi connectivity index (χ0v) is 10.6. The van der Waals surface area contributed by atoms with Crippen molar-refractivity contribution in [1.29, 1.82) is 0 Å². The van der Waals surface area contributed by atoms with Crippen LogP contribution >= 0.6 is 15.9 Å². The van der Waals surface area contributed by atoms with E-state index in [4.69, 9.17) is 4.74 Å². The van der Waals surface area contributed by atoms with Gasteiger partial charge in [-0.25, -0.2) is 4.39 Å². The van der Waals surface area contributed by atoms with Crippen molar-refractivity contribution in [3.8, 4) is 11.5 Å². The van der Waals surface area contributed by atoms with Crippen LogP contribution in [-0.4, -0.2) is 4.92 Å². The summed E-state index contributed by atoms with van der Waals surface area (Å²) in [5, 5.41) is 10.5. The van der Waals surface area contributed by atoms with Crippen molar-refractivity contribution in [3.63, 3.8) is 0 Å². The minimum Gasteiger partial charge on any atom is -0.454 e. The molecule has 2 aromatic carbocycles. The van der Waals surface area contributed by atoms with Gasteiger partial charge in [-0.3, -0.25) is 10.1 Å². The second kappa shape index (κ2) is 5.14. The van der Waals surface area contributed by atoms with Gasteiger partial charge in [-0.2, -0.15) is 0 Å². The zero-order chi connectivity index (χ0) is 13.1. The van der Waals surface area contributed by atoms with Crippen molar-refractivity contribution in [1.82, 2.24) is 0 Å². The SMILES string of the molecule is O=[N+]([O-])c1ccc(Oc2cccc(Br)c2)c(F)c1. The Morgan fingerprint density at radius 2 is 2.00 bits per heavy atom. The molecule has 6 heteroatoms. The Labute approximate surface area is 110 Å². The average molecular weight is 312 g/mol. The lowest BCUT2D eigenvalue weighted by atomic mass is 10.3. The van der Waals surface area contributed by atoms with Crippen LogP contribution in [0.1, 0.15) is 0 Å². The third kappa shape index (κ3) is 2.84. The third-order valence-corrected chi connectivity index (χ3v) is 2.64. The molecule has 0 radical (unpaired) electrons. The Balaban J connectivity index is 2.27. The molecule has 0 bridgehead atoms. The smallest absolute Gasteiger partial charge is 0.272 e. The second-order valence-electron chi connectivity index (χ2n) is 3.43. The highest BCUT2D eigenvalue weighted by Gasteiger charge is 2.12. The maximum absolute atomic E-state index is 13.6.